The van der Waals surface area contributed by atoms with Gasteiger partial charge in [0, 0.05) is 24.9 Å². The zero-order chi connectivity index (χ0) is 16.9. The third-order valence-electron chi connectivity index (χ3n) is 4.98. The highest BCUT2D eigenvalue weighted by molar-refractivity contribution is 5.88. The van der Waals surface area contributed by atoms with E-state index < -0.39 is 34.5 Å². The summed E-state index contributed by atoms with van der Waals surface area (Å²) in [6.07, 6.45) is 2.09. The van der Waals surface area contributed by atoms with E-state index in [1.807, 2.05) is 18.2 Å². The van der Waals surface area contributed by atoms with Gasteiger partial charge in [-0.3, -0.25) is 10.4 Å². The predicted octanol–water partition coefficient (Wildman–Crippen LogP) is 2.06. The molecule has 0 saturated carbocycles. The van der Waals surface area contributed by atoms with Crippen LogP contribution in [0.3, 0.4) is 0 Å². The number of nitrogens with zero attached hydrogens (tertiary/aromatic N) is 4. The summed E-state index contributed by atoms with van der Waals surface area (Å²) in [4.78, 5) is 4.01. The monoisotopic (exact) mass is 307 g/mol. The molecule has 0 unspecified atom stereocenters. The largest absolute Gasteiger partial charge is 0.448 e. The first-order valence-electron chi connectivity index (χ1n) is 7.01. The minimum atomic E-state index is -1.85. The molecule has 3 aliphatic heterocycles. The molecule has 4 rings (SSSR count). The predicted molar refractivity (Wildman–Crippen MR) is 76.1 cm³/mol. The van der Waals surface area contributed by atoms with Crippen LogP contribution < -0.4 is 0 Å². The number of aromatic nitrogens is 1. The fraction of sp³-hybridized carbons (Fsp3) is 0.438. The lowest BCUT2D eigenvalue weighted by molar-refractivity contribution is -0.338. The molecule has 1 aromatic rings. The van der Waals surface area contributed by atoms with Gasteiger partial charge in [0.1, 0.15) is 6.10 Å². The zero-order valence-electron chi connectivity index (χ0n) is 12.6. The Morgan fingerprint density at radius 1 is 1.26 bits per heavy atom. The summed E-state index contributed by atoms with van der Waals surface area (Å²) >= 11 is 0. The molecule has 1 N–H and O–H groups in total. The van der Waals surface area contributed by atoms with Crippen molar-refractivity contribution in [2.24, 2.45) is 16.7 Å². The van der Waals surface area contributed by atoms with E-state index in [0.717, 1.165) is 0 Å². The number of hydrogen-bond acceptors (Lipinski definition) is 7. The van der Waals surface area contributed by atoms with Gasteiger partial charge < -0.3 is 9.47 Å². The van der Waals surface area contributed by atoms with Crippen LogP contribution in [0.15, 0.2) is 24.5 Å². The first kappa shape index (κ1) is 15.0. The highest BCUT2D eigenvalue weighted by Crippen LogP contribution is 2.66. The van der Waals surface area contributed by atoms with Crippen molar-refractivity contribution in [3.63, 3.8) is 0 Å². The first-order valence-corrected chi connectivity index (χ1v) is 7.01. The van der Waals surface area contributed by atoms with E-state index in [0.29, 0.717) is 5.56 Å². The second-order valence-electron chi connectivity index (χ2n) is 5.90. The van der Waals surface area contributed by atoms with Gasteiger partial charge in [-0.2, -0.15) is 15.8 Å². The second-order valence-corrected chi connectivity index (χ2v) is 5.90. The topological polar surface area (TPSA) is 127 Å². The number of hydrogen-bond donors (Lipinski definition) is 1. The molecule has 0 aromatic carbocycles. The van der Waals surface area contributed by atoms with Crippen LogP contribution in [0.4, 0.5) is 0 Å². The average molecular weight is 307 g/mol. The Labute approximate surface area is 133 Å². The van der Waals surface area contributed by atoms with Gasteiger partial charge in [0.15, 0.2) is 10.8 Å². The molecule has 1 aromatic heterocycles. The fourth-order valence-electron chi connectivity index (χ4n) is 3.50. The molecule has 3 saturated heterocycles. The lowest BCUT2D eigenvalue weighted by Crippen LogP contribution is -2.71. The van der Waals surface area contributed by atoms with Crippen molar-refractivity contribution in [3.05, 3.63) is 30.1 Å². The molecule has 7 nitrogen and oxygen atoms in total. The van der Waals surface area contributed by atoms with Crippen LogP contribution in [0.1, 0.15) is 25.5 Å². The van der Waals surface area contributed by atoms with Gasteiger partial charge in [-0.15, -0.1) is 0 Å². The second kappa shape index (κ2) is 4.52. The lowest BCUT2D eigenvalue weighted by Gasteiger charge is -2.60. The van der Waals surface area contributed by atoms with Gasteiger partial charge in [-0.1, -0.05) is 13.0 Å². The van der Waals surface area contributed by atoms with Crippen molar-refractivity contribution in [3.8, 4) is 18.2 Å². The Morgan fingerprint density at radius 3 is 2.48 bits per heavy atom. The van der Waals surface area contributed by atoms with Gasteiger partial charge in [-0.05, 0) is 6.07 Å². The van der Waals surface area contributed by atoms with Crippen molar-refractivity contribution < 1.29 is 9.47 Å². The average Bonchev–Trinajstić information content (AvgIpc) is 2.57. The van der Waals surface area contributed by atoms with Crippen LogP contribution in [-0.2, 0) is 9.47 Å². The Bertz CT molecular complexity index is 788. The summed E-state index contributed by atoms with van der Waals surface area (Å²) in [6, 6.07) is 9.34. The van der Waals surface area contributed by atoms with Crippen LogP contribution in [0.25, 0.3) is 0 Å². The van der Waals surface area contributed by atoms with E-state index in [2.05, 4.69) is 4.98 Å². The Hall–Kier alpha value is -2.95. The molecule has 4 heterocycles. The van der Waals surface area contributed by atoms with Gasteiger partial charge in [0.2, 0.25) is 11.7 Å². The van der Waals surface area contributed by atoms with Gasteiger partial charge >= 0.3 is 0 Å². The molecule has 3 fully saturated rings. The number of pyridine rings is 1. The van der Waals surface area contributed by atoms with Crippen molar-refractivity contribution in [1.82, 2.24) is 4.98 Å². The Kier molecular flexibility index (Phi) is 2.94. The van der Waals surface area contributed by atoms with Crippen LogP contribution in [0, 0.1) is 56.2 Å². The van der Waals surface area contributed by atoms with E-state index >= 15 is 0 Å². The maximum Gasteiger partial charge on any atom is 0.215 e. The van der Waals surface area contributed by atoms with Crippen LogP contribution >= 0.6 is 0 Å². The summed E-state index contributed by atoms with van der Waals surface area (Å²) in [7, 11) is 0. The van der Waals surface area contributed by atoms with E-state index in [1.54, 1.807) is 32.2 Å². The minimum Gasteiger partial charge on any atom is -0.448 e. The van der Waals surface area contributed by atoms with E-state index in [4.69, 9.17) is 14.9 Å². The third-order valence-corrected chi connectivity index (χ3v) is 4.98. The summed E-state index contributed by atoms with van der Waals surface area (Å²) < 4.78 is 11.5. The SMILES string of the molecule is C[C@@H]1C(C#N)(C#N)[C@@]2(C#N)C(=N)O[C@@]1(C)O[C@@H]2c1cccnc1. The lowest BCUT2D eigenvalue weighted by atomic mass is 9.51. The summed E-state index contributed by atoms with van der Waals surface area (Å²) in [5, 5.41) is 37.7. The molecule has 0 amide bonds. The normalized spacial score (nSPS) is 37.1. The van der Waals surface area contributed by atoms with Crippen molar-refractivity contribution in [1.29, 1.82) is 21.2 Å². The number of ether oxygens (including phenoxy) is 2. The number of rotatable bonds is 1. The van der Waals surface area contributed by atoms with Crippen LogP contribution in [0.5, 0.6) is 0 Å². The quantitative estimate of drug-likeness (QED) is 0.846. The number of fused-ring (bicyclic) bond motifs is 3. The Morgan fingerprint density at radius 2 is 1.96 bits per heavy atom. The van der Waals surface area contributed by atoms with Crippen molar-refractivity contribution >= 4 is 5.90 Å². The molecule has 7 heteroatoms. The minimum absolute atomic E-state index is 0.413. The number of nitriles is 3. The standard InChI is InChI=1S/C16H13N5O2/c1-10-14(2)22-12(11-4-3-5-21-6-11)16(9-19,13(20)23-14)15(10,7-17)8-18/h3-6,10,12,20H,1-2H3/t10-,12+,14+,16+/m0/s1. The van der Waals surface area contributed by atoms with Crippen LogP contribution in [-0.4, -0.2) is 16.7 Å². The van der Waals surface area contributed by atoms with Gasteiger partial charge in [-0.25, -0.2) is 0 Å². The molecule has 0 radical (unpaired) electrons. The summed E-state index contributed by atoms with van der Waals surface area (Å²) in [5.74, 6) is -2.47. The zero-order valence-corrected chi connectivity index (χ0v) is 12.6. The molecule has 4 atom stereocenters. The van der Waals surface area contributed by atoms with E-state index in [1.165, 1.54) is 6.20 Å². The van der Waals surface area contributed by atoms with Crippen molar-refractivity contribution in [2.45, 2.75) is 25.7 Å². The molecule has 0 spiro atoms. The highest BCUT2D eigenvalue weighted by atomic mass is 16.7. The molecule has 114 valence electrons. The maximum atomic E-state index is 9.89. The molecular formula is C16H13N5O2. The smallest absolute Gasteiger partial charge is 0.215 e. The molecule has 23 heavy (non-hydrogen) atoms. The molecule has 3 aliphatic rings. The maximum absolute atomic E-state index is 9.89. The van der Waals surface area contributed by atoms with Gasteiger partial charge in [0.05, 0.1) is 24.1 Å². The third kappa shape index (κ3) is 1.49. The molecule has 0 aliphatic carbocycles. The fourth-order valence-corrected chi connectivity index (χ4v) is 3.50. The molecular weight excluding hydrogens is 294 g/mol. The Balaban J connectivity index is 2.35. The number of nitrogens with one attached hydrogen (secondary N) is 1. The molecule has 2 bridgehead atoms. The highest BCUT2D eigenvalue weighted by Gasteiger charge is 2.78. The summed E-state index contributed by atoms with van der Waals surface area (Å²) in [5.41, 5.74) is -3.09. The van der Waals surface area contributed by atoms with E-state index in [9.17, 15) is 15.8 Å². The van der Waals surface area contributed by atoms with Crippen LogP contribution in [0.2, 0.25) is 0 Å². The summed E-state index contributed by atoms with van der Waals surface area (Å²) in [6.45, 7) is 3.21. The van der Waals surface area contributed by atoms with E-state index in [-0.39, 0.29) is 0 Å². The van der Waals surface area contributed by atoms with Crippen molar-refractivity contribution in [2.75, 3.05) is 0 Å². The van der Waals surface area contributed by atoms with Gasteiger partial charge in [0.25, 0.3) is 0 Å². The first-order chi connectivity index (χ1) is 10.9.